The van der Waals surface area contributed by atoms with E-state index in [9.17, 15) is 4.79 Å². The number of benzene rings is 1. The first kappa shape index (κ1) is 14.1. The number of nitrogens with one attached hydrogen (secondary N) is 1. The van der Waals surface area contributed by atoms with E-state index in [2.05, 4.69) is 39.5 Å². The number of carbonyl (C=O) groups excluding carboxylic acids is 1. The van der Waals surface area contributed by atoms with Gasteiger partial charge in [0.05, 0.1) is 12.0 Å². The second-order valence-corrected chi connectivity index (χ2v) is 6.02. The van der Waals surface area contributed by atoms with Gasteiger partial charge in [0.1, 0.15) is 0 Å². The Bertz CT molecular complexity index is 540. The van der Waals surface area contributed by atoms with Crippen molar-refractivity contribution in [1.29, 1.82) is 0 Å². The zero-order valence-corrected chi connectivity index (χ0v) is 12.6. The molecule has 1 amide bonds. The number of guanidine groups is 1. The molecule has 5 nitrogen and oxygen atoms in total. The van der Waals surface area contributed by atoms with E-state index in [4.69, 9.17) is 0 Å². The summed E-state index contributed by atoms with van der Waals surface area (Å²) in [4.78, 5) is 21.2. The molecular weight excluding hydrogens is 264 g/mol. The van der Waals surface area contributed by atoms with E-state index in [1.54, 1.807) is 0 Å². The van der Waals surface area contributed by atoms with Gasteiger partial charge in [-0.2, -0.15) is 0 Å². The maximum atomic E-state index is 12.3. The van der Waals surface area contributed by atoms with Crippen molar-refractivity contribution in [3.63, 3.8) is 0 Å². The van der Waals surface area contributed by atoms with Gasteiger partial charge in [-0.15, -0.1) is 0 Å². The molecule has 2 aliphatic heterocycles. The number of fused-ring (bicyclic) bond motifs is 1. The molecule has 21 heavy (non-hydrogen) atoms. The summed E-state index contributed by atoms with van der Waals surface area (Å²) in [6.07, 6.45) is 0.947. The van der Waals surface area contributed by atoms with Crippen LogP contribution >= 0.6 is 0 Å². The minimum Gasteiger partial charge on any atom is -0.349 e. The lowest BCUT2D eigenvalue weighted by atomic mass is 9.90. The summed E-state index contributed by atoms with van der Waals surface area (Å²) in [5.41, 5.74) is 1.30. The molecule has 1 fully saturated rings. The summed E-state index contributed by atoms with van der Waals surface area (Å²) in [6.45, 7) is 2.69. The molecule has 1 aromatic carbocycles. The highest BCUT2D eigenvalue weighted by Gasteiger charge is 2.38. The molecule has 0 spiro atoms. The second kappa shape index (κ2) is 5.85. The molecule has 0 aromatic heterocycles. The normalized spacial score (nSPS) is 25.8. The first-order chi connectivity index (χ1) is 10.1. The van der Waals surface area contributed by atoms with E-state index < -0.39 is 0 Å². The van der Waals surface area contributed by atoms with Gasteiger partial charge in [-0.1, -0.05) is 30.3 Å². The molecule has 2 aliphatic rings. The van der Waals surface area contributed by atoms with Gasteiger partial charge in [-0.25, -0.2) is 4.99 Å². The molecule has 2 unspecified atom stereocenters. The largest absolute Gasteiger partial charge is 0.349 e. The van der Waals surface area contributed by atoms with Crippen molar-refractivity contribution >= 4 is 11.9 Å². The lowest BCUT2D eigenvalue weighted by molar-refractivity contribution is -0.126. The number of hydrogen-bond acceptors (Lipinski definition) is 4. The molecule has 0 saturated carbocycles. The number of rotatable bonds is 2. The van der Waals surface area contributed by atoms with Crippen LogP contribution in [-0.2, 0) is 11.3 Å². The average Bonchev–Trinajstić information content (AvgIpc) is 2.48. The topological polar surface area (TPSA) is 47.9 Å². The predicted octanol–water partition coefficient (Wildman–Crippen LogP) is 0.924. The van der Waals surface area contributed by atoms with Crippen LogP contribution in [0.25, 0.3) is 0 Å². The van der Waals surface area contributed by atoms with E-state index >= 15 is 0 Å². The molecule has 3 rings (SSSR count). The Morgan fingerprint density at radius 3 is 2.81 bits per heavy atom. The fourth-order valence-electron chi connectivity index (χ4n) is 3.02. The summed E-state index contributed by atoms with van der Waals surface area (Å²) in [7, 11) is 3.81. The lowest BCUT2D eigenvalue weighted by Crippen LogP contribution is -2.56. The summed E-state index contributed by atoms with van der Waals surface area (Å²) >= 11 is 0. The third kappa shape index (κ3) is 3.08. The Kier molecular flexibility index (Phi) is 3.92. The van der Waals surface area contributed by atoms with Crippen molar-refractivity contribution in [1.82, 2.24) is 15.1 Å². The van der Waals surface area contributed by atoms with E-state index in [-0.39, 0.29) is 17.9 Å². The van der Waals surface area contributed by atoms with Crippen molar-refractivity contribution < 1.29 is 4.79 Å². The number of piperidine rings is 1. The van der Waals surface area contributed by atoms with E-state index in [1.165, 1.54) is 5.56 Å². The number of amides is 1. The monoisotopic (exact) mass is 286 g/mol. The Hall–Kier alpha value is -1.88. The van der Waals surface area contributed by atoms with Gasteiger partial charge in [-0.3, -0.25) is 15.0 Å². The van der Waals surface area contributed by atoms with Gasteiger partial charge in [0, 0.05) is 33.7 Å². The van der Waals surface area contributed by atoms with E-state index in [0.717, 1.165) is 26.1 Å². The second-order valence-electron chi connectivity index (χ2n) is 6.02. The molecular formula is C16H22N4O. The van der Waals surface area contributed by atoms with Crippen LogP contribution in [0.15, 0.2) is 35.3 Å². The smallest absolute Gasteiger partial charge is 0.233 e. The van der Waals surface area contributed by atoms with Gasteiger partial charge < -0.3 is 4.90 Å². The maximum Gasteiger partial charge on any atom is 0.233 e. The molecule has 112 valence electrons. The Morgan fingerprint density at radius 1 is 1.33 bits per heavy atom. The molecule has 1 saturated heterocycles. The Labute approximate surface area is 125 Å². The van der Waals surface area contributed by atoms with Crippen LogP contribution in [-0.4, -0.2) is 54.9 Å². The third-order valence-electron chi connectivity index (χ3n) is 4.19. The van der Waals surface area contributed by atoms with Crippen LogP contribution in [0, 0.1) is 5.92 Å². The molecule has 0 radical (unpaired) electrons. The highest BCUT2D eigenvalue weighted by molar-refractivity contribution is 6.00. The molecule has 1 aromatic rings. The van der Waals surface area contributed by atoms with Gasteiger partial charge >= 0.3 is 0 Å². The lowest BCUT2D eigenvalue weighted by Gasteiger charge is -2.39. The van der Waals surface area contributed by atoms with Crippen molar-refractivity contribution in [2.75, 3.05) is 27.2 Å². The average molecular weight is 286 g/mol. The van der Waals surface area contributed by atoms with Crippen molar-refractivity contribution in [3.8, 4) is 0 Å². The van der Waals surface area contributed by atoms with Crippen LogP contribution in [0.3, 0.4) is 0 Å². The Balaban J connectivity index is 1.68. The van der Waals surface area contributed by atoms with Crippen LogP contribution in [0.5, 0.6) is 0 Å². The number of nitrogens with zero attached hydrogens (tertiary/aromatic N) is 3. The number of likely N-dealkylation sites (tertiary alicyclic amines) is 1. The van der Waals surface area contributed by atoms with Crippen LogP contribution in [0.2, 0.25) is 0 Å². The minimum atomic E-state index is -0.0221. The SMILES string of the molecule is CN(C)C1=NC2CCN(Cc3ccccc3)CC2C(=O)N1. The predicted molar refractivity (Wildman–Crippen MR) is 82.9 cm³/mol. The first-order valence-electron chi connectivity index (χ1n) is 7.46. The first-order valence-corrected chi connectivity index (χ1v) is 7.46. The number of hydrogen-bond donors (Lipinski definition) is 1. The van der Waals surface area contributed by atoms with Gasteiger partial charge in [0.15, 0.2) is 5.96 Å². The Morgan fingerprint density at radius 2 is 2.10 bits per heavy atom. The minimum absolute atomic E-state index is 0.0221. The third-order valence-corrected chi connectivity index (χ3v) is 4.19. The molecule has 2 heterocycles. The highest BCUT2D eigenvalue weighted by Crippen LogP contribution is 2.24. The van der Waals surface area contributed by atoms with E-state index in [0.29, 0.717) is 5.96 Å². The van der Waals surface area contributed by atoms with Crippen molar-refractivity contribution in [3.05, 3.63) is 35.9 Å². The van der Waals surface area contributed by atoms with Crippen LogP contribution < -0.4 is 5.32 Å². The van der Waals surface area contributed by atoms with Gasteiger partial charge in [-0.05, 0) is 12.0 Å². The number of aliphatic imine (C=N–C) groups is 1. The zero-order valence-electron chi connectivity index (χ0n) is 12.6. The summed E-state index contributed by atoms with van der Waals surface area (Å²) in [5, 5.41) is 2.91. The van der Waals surface area contributed by atoms with Crippen molar-refractivity contribution in [2.24, 2.45) is 10.9 Å². The van der Waals surface area contributed by atoms with Crippen LogP contribution in [0.1, 0.15) is 12.0 Å². The standard InChI is InChI=1S/C16H22N4O/c1-19(2)16-17-14-8-9-20(11-13(14)15(21)18-16)10-12-6-4-3-5-7-12/h3-7,13-14H,8-11H2,1-2H3,(H,17,18,21). The fourth-order valence-corrected chi connectivity index (χ4v) is 3.02. The quantitative estimate of drug-likeness (QED) is 0.879. The molecule has 0 bridgehead atoms. The van der Waals surface area contributed by atoms with Crippen LogP contribution in [0.4, 0.5) is 0 Å². The van der Waals surface area contributed by atoms with Gasteiger partial charge in [0.25, 0.3) is 0 Å². The number of carbonyl (C=O) groups is 1. The van der Waals surface area contributed by atoms with Crippen molar-refractivity contribution in [2.45, 2.75) is 19.0 Å². The zero-order chi connectivity index (χ0) is 14.8. The summed E-state index contributed by atoms with van der Waals surface area (Å²) in [5.74, 6) is 0.778. The molecule has 2 atom stereocenters. The van der Waals surface area contributed by atoms with Gasteiger partial charge in [0.2, 0.25) is 5.91 Å². The molecule has 1 N–H and O–H groups in total. The summed E-state index contributed by atoms with van der Waals surface area (Å²) in [6, 6.07) is 10.5. The summed E-state index contributed by atoms with van der Waals surface area (Å²) < 4.78 is 0. The highest BCUT2D eigenvalue weighted by atomic mass is 16.2. The molecule has 0 aliphatic carbocycles. The molecule has 5 heteroatoms. The van der Waals surface area contributed by atoms with E-state index in [1.807, 2.05) is 25.1 Å². The maximum absolute atomic E-state index is 12.3. The fraction of sp³-hybridized carbons (Fsp3) is 0.500.